The molecule has 2 aliphatic heterocycles. The van der Waals surface area contributed by atoms with Crippen molar-refractivity contribution in [3.05, 3.63) is 5.21 Å². The topological polar surface area (TPSA) is 61.8 Å². The predicted octanol–water partition coefficient (Wildman–Crippen LogP) is 2.73. The number of nitrogens with one attached hydrogen (secondary N) is 1. The van der Waals surface area contributed by atoms with Gasteiger partial charge in [0, 0.05) is 24.7 Å². The van der Waals surface area contributed by atoms with Gasteiger partial charge in [0.15, 0.2) is 0 Å². The van der Waals surface area contributed by atoms with Crippen molar-refractivity contribution in [2.75, 3.05) is 19.6 Å². The molecule has 3 aliphatic rings. The van der Waals surface area contributed by atoms with Crippen LogP contribution in [-0.4, -0.2) is 53.1 Å². The molecule has 2 heterocycles. The Balaban J connectivity index is 1.62. The molecule has 0 radical (unpaired) electrons. The number of hydrogen-bond acceptors (Lipinski definition) is 5. The first-order valence-electron chi connectivity index (χ1n) is 9.38. The highest BCUT2D eigenvalue weighted by Crippen LogP contribution is 2.31. The van der Waals surface area contributed by atoms with Gasteiger partial charge in [-0.3, -0.25) is 10.1 Å². The van der Waals surface area contributed by atoms with Crippen LogP contribution < -0.4 is 5.32 Å². The lowest BCUT2D eigenvalue weighted by atomic mass is 9.82. The summed E-state index contributed by atoms with van der Waals surface area (Å²) < 4.78 is 0. The quantitative estimate of drug-likeness (QED) is 0.782. The molecule has 4 unspecified atom stereocenters. The van der Waals surface area contributed by atoms with Crippen LogP contribution in [0.4, 0.5) is 0 Å². The summed E-state index contributed by atoms with van der Waals surface area (Å²) in [5, 5.41) is 24.9. The molecule has 0 amide bonds. The van der Waals surface area contributed by atoms with Crippen molar-refractivity contribution in [2.24, 2.45) is 5.92 Å². The van der Waals surface area contributed by atoms with E-state index in [-0.39, 0.29) is 11.3 Å². The van der Waals surface area contributed by atoms with Gasteiger partial charge in [-0.2, -0.15) is 0 Å². The SMILES string of the molecule is [O-]N(O)C1CCCCC1CN1CCCCC1C1CCCCN1. The standard InChI is InChI=1S/C17H32N3O2/c21-20(22)16-9-2-1-7-14(16)13-19-12-6-4-10-17(19)15-8-3-5-11-18-15/h14-18,21H,1-13H2/q-1. The Morgan fingerprint density at radius 2 is 1.77 bits per heavy atom. The molecule has 5 heteroatoms. The minimum Gasteiger partial charge on any atom is -0.762 e. The third-order valence-corrected chi connectivity index (χ3v) is 6.10. The fourth-order valence-electron chi connectivity index (χ4n) is 4.90. The summed E-state index contributed by atoms with van der Waals surface area (Å²) in [5.74, 6) is 0.334. The number of piperidine rings is 2. The van der Waals surface area contributed by atoms with Crippen LogP contribution in [0, 0.1) is 11.1 Å². The minimum absolute atomic E-state index is 0.185. The van der Waals surface area contributed by atoms with Crippen LogP contribution in [0.25, 0.3) is 0 Å². The molecule has 1 saturated carbocycles. The Morgan fingerprint density at radius 3 is 2.55 bits per heavy atom. The summed E-state index contributed by atoms with van der Waals surface area (Å²) in [5.41, 5.74) is 0. The molecule has 0 aromatic rings. The van der Waals surface area contributed by atoms with Crippen molar-refractivity contribution >= 4 is 0 Å². The molecule has 5 nitrogen and oxygen atoms in total. The third kappa shape index (κ3) is 4.01. The van der Waals surface area contributed by atoms with E-state index in [1.165, 1.54) is 44.9 Å². The number of hydrogen-bond donors (Lipinski definition) is 2. The van der Waals surface area contributed by atoms with Crippen LogP contribution in [0.5, 0.6) is 0 Å². The smallest absolute Gasteiger partial charge is 0.0257 e. The zero-order chi connectivity index (χ0) is 15.4. The van der Waals surface area contributed by atoms with Gasteiger partial charge in [-0.1, -0.05) is 25.7 Å². The number of nitrogens with zero attached hydrogens (tertiary/aromatic N) is 2. The van der Waals surface area contributed by atoms with Crippen LogP contribution in [0.15, 0.2) is 0 Å². The van der Waals surface area contributed by atoms with Gasteiger partial charge in [-0.25, -0.2) is 0 Å². The van der Waals surface area contributed by atoms with E-state index in [4.69, 9.17) is 0 Å². The highest BCUT2D eigenvalue weighted by atomic mass is 16.8. The van der Waals surface area contributed by atoms with E-state index in [1.54, 1.807) is 0 Å². The largest absolute Gasteiger partial charge is 0.762 e. The second kappa shape index (κ2) is 8.06. The molecule has 3 rings (SSSR count). The van der Waals surface area contributed by atoms with Crippen molar-refractivity contribution in [1.29, 1.82) is 0 Å². The fourth-order valence-corrected chi connectivity index (χ4v) is 4.90. The van der Waals surface area contributed by atoms with Crippen molar-refractivity contribution in [3.63, 3.8) is 0 Å². The maximum absolute atomic E-state index is 11.5. The summed E-state index contributed by atoms with van der Waals surface area (Å²) in [4.78, 5) is 2.64. The Labute approximate surface area is 134 Å². The van der Waals surface area contributed by atoms with Gasteiger partial charge < -0.3 is 15.7 Å². The molecule has 2 N–H and O–H groups in total. The molecule has 2 saturated heterocycles. The van der Waals surface area contributed by atoms with E-state index in [0.29, 0.717) is 18.0 Å². The Bertz CT molecular complexity index is 334. The van der Waals surface area contributed by atoms with E-state index < -0.39 is 0 Å². The molecule has 4 atom stereocenters. The van der Waals surface area contributed by atoms with Crippen molar-refractivity contribution < 1.29 is 5.21 Å². The van der Waals surface area contributed by atoms with Crippen LogP contribution in [0.2, 0.25) is 0 Å². The highest BCUT2D eigenvalue weighted by Gasteiger charge is 2.34. The Morgan fingerprint density at radius 1 is 1.00 bits per heavy atom. The maximum atomic E-state index is 11.5. The van der Waals surface area contributed by atoms with Crippen LogP contribution in [-0.2, 0) is 0 Å². The maximum Gasteiger partial charge on any atom is 0.0257 e. The first-order valence-corrected chi connectivity index (χ1v) is 9.38. The van der Waals surface area contributed by atoms with E-state index in [0.717, 1.165) is 38.9 Å². The number of hydroxylamine groups is 2. The zero-order valence-corrected chi connectivity index (χ0v) is 13.8. The van der Waals surface area contributed by atoms with E-state index in [1.807, 2.05) is 0 Å². The normalized spacial score (nSPS) is 38.3. The van der Waals surface area contributed by atoms with Gasteiger partial charge in [0.2, 0.25) is 0 Å². The van der Waals surface area contributed by atoms with Crippen LogP contribution in [0.1, 0.15) is 64.2 Å². The minimum atomic E-state index is -0.185. The zero-order valence-electron chi connectivity index (χ0n) is 13.8. The van der Waals surface area contributed by atoms with E-state index in [2.05, 4.69) is 10.2 Å². The van der Waals surface area contributed by atoms with Crippen LogP contribution >= 0.6 is 0 Å². The van der Waals surface area contributed by atoms with Gasteiger partial charge in [0.25, 0.3) is 0 Å². The van der Waals surface area contributed by atoms with Crippen molar-refractivity contribution in [1.82, 2.24) is 15.4 Å². The van der Waals surface area contributed by atoms with Gasteiger partial charge in [-0.05, 0) is 57.5 Å². The van der Waals surface area contributed by atoms with Gasteiger partial charge in [0.1, 0.15) is 0 Å². The molecule has 128 valence electrons. The van der Waals surface area contributed by atoms with Crippen molar-refractivity contribution in [3.8, 4) is 0 Å². The summed E-state index contributed by atoms with van der Waals surface area (Å²) in [6, 6.07) is 1.08. The second-order valence-electron chi connectivity index (χ2n) is 7.53. The van der Waals surface area contributed by atoms with E-state index >= 15 is 0 Å². The second-order valence-corrected chi connectivity index (χ2v) is 7.53. The Kier molecular flexibility index (Phi) is 6.10. The van der Waals surface area contributed by atoms with E-state index in [9.17, 15) is 10.4 Å². The lowest BCUT2D eigenvalue weighted by Crippen LogP contribution is -2.56. The first-order chi connectivity index (χ1) is 10.8. The average molecular weight is 310 g/mol. The average Bonchev–Trinajstić information content (AvgIpc) is 2.56. The number of rotatable bonds is 4. The van der Waals surface area contributed by atoms with Gasteiger partial charge in [0.05, 0.1) is 0 Å². The third-order valence-electron chi connectivity index (χ3n) is 6.10. The molecular weight excluding hydrogens is 278 g/mol. The molecule has 0 spiro atoms. The fraction of sp³-hybridized carbons (Fsp3) is 1.00. The molecular formula is C17H32N3O2-. The molecule has 1 aliphatic carbocycles. The molecule has 0 aromatic carbocycles. The first kappa shape index (κ1) is 16.7. The summed E-state index contributed by atoms with van der Waals surface area (Å²) >= 11 is 0. The summed E-state index contributed by atoms with van der Waals surface area (Å²) in [7, 11) is 0. The van der Waals surface area contributed by atoms with Crippen LogP contribution in [0.3, 0.4) is 0 Å². The molecule has 0 bridgehead atoms. The van der Waals surface area contributed by atoms with Gasteiger partial charge >= 0.3 is 0 Å². The lowest BCUT2D eigenvalue weighted by Gasteiger charge is -2.47. The Hall–Kier alpha value is -0.200. The summed E-state index contributed by atoms with van der Waals surface area (Å²) in [6.45, 7) is 3.31. The molecule has 3 fully saturated rings. The lowest BCUT2D eigenvalue weighted by molar-refractivity contribution is -0.112. The highest BCUT2D eigenvalue weighted by molar-refractivity contribution is 4.92. The molecule has 0 aromatic heterocycles. The van der Waals surface area contributed by atoms with Crippen molar-refractivity contribution in [2.45, 2.75) is 82.3 Å². The molecule has 22 heavy (non-hydrogen) atoms. The summed E-state index contributed by atoms with van der Waals surface area (Å²) in [6.07, 6.45) is 12.1. The van der Waals surface area contributed by atoms with Gasteiger partial charge in [-0.15, -0.1) is 0 Å². The predicted molar refractivity (Wildman–Crippen MR) is 87.6 cm³/mol. The number of likely N-dealkylation sites (tertiary alicyclic amines) is 1. The monoisotopic (exact) mass is 310 g/mol.